The lowest BCUT2D eigenvalue weighted by Crippen LogP contribution is -2.23. The van der Waals surface area contributed by atoms with Gasteiger partial charge in [-0.15, -0.1) is 0 Å². The van der Waals surface area contributed by atoms with Gasteiger partial charge in [0.05, 0.1) is 14.2 Å². The number of hydrogen-bond donors (Lipinski definition) is 1. The number of carbonyl (C=O) groups excluding carboxylic acids is 1. The van der Waals surface area contributed by atoms with E-state index in [1.807, 2.05) is 13.0 Å². The van der Waals surface area contributed by atoms with Gasteiger partial charge in [-0.1, -0.05) is 20.8 Å². The van der Waals surface area contributed by atoms with Crippen molar-refractivity contribution in [2.75, 3.05) is 14.2 Å². The van der Waals surface area contributed by atoms with E-state index in [0.717, 1.165) is 22.4 Å². The second-order valence-electron chi connectivity index (χ2n) is 5.57. The summed E-state index contributed by atoms with van der Waals surface area (Å²) in [6, 6.07) is 4.10. The summed E-state index contributed by atoms with van der Waals surface area (Å²) in [5.41, 5.74) is 3.26. The number of amides is 1. The van der Waals surface area contributed by atoms with E-state index in [9.17, 15) is 4.79 Å². The van der Waals surface area contributed by atoms with Crippen molar-refractivity contribution in [3.63, 3.8) is 0 Å². The number of aryl methyl sites for hydroxylation is 1. The summed E-state index contributed by atoms with van der Waals surface area (Å²) in [6.07, 6.45) is -0.424. The Hall–Kier alpha value is -1.71. The van der Waals surface area contributed by atoms with Gasteiger partial charge in [0.1, 0.15) is 5.75 Å². The van der Waals surface area contributed by atoms with Crippen LogP contribution in [0.5, 0.6) is 5.75 Å². The van der Waals surface area contributed by atoms with E-state index in [0.29, 0.717) is 6.54 Å². The number of alkyl carbamates (subject to hydrolysis) is 1. The minimum absolute atomic E-state index is 0.0148. The van der Waals surface area contributed by atoms with Crippen LogP contribution in [0.4, 0.5) is 4.79 Å². The lowest BCUT2D eigenvalue weighted by atomic mass is 9.84. The molecule has 0 aromatic heterocycles. The number of nitrogens with one attached hydrogen (secondary N) is 1. The van der Waals surface area contributed by atoms with Crippen LogP contribution in [0.1, 0.15) is 37.5 Å². The zero-order valence-corrected chi connectivity index (χ0v) is 12.6. The Morgan fingerprint density at radius 2 is 1.89 bits per heavy atom. The van der Waals surface area contributed by atoms with Gasteiger partial charge in [-0.3, -0.25) is 0 Å². The molecule has 0 radical (unpaired) electrons. The van der Waals surface area contributed by atoms with Crippen molar-refractivity contribution in [3.8, 4) is 5.75 Å². The van der Waals surface area contributed by atoms with E-state index in [1.54, 1.807) is 7.11 Å². The standard InChI is InChI=1S/C15H23NO3/c1-10-7-13(18-5)12(15(2,3)4)8-11(10)9-16-14(17)19-6/h7-8H,9H2,1-6H3,(H,16,17). The van der Waals surface area contributed by atoms with Crippen LogP contribution < -0.4 is 10.1 Å². The lowest BCUT2D eigenvalue weighted by molar-refractivity contribution is 0.170. The number of hydrogen-bond acceptors (Lipinski definition) is 3. The zero-order chi connectivity index (χ0) is 14.6. The van der Waals surface area contributed by atoms with Gasteiger partial charge in [-0.05, 0) is 41.2 Å². The van der Waals surface area contributed by atoms with Crippen LogP contribution in [0.15, 0.2) is 12.1 Å². The third kappa shape index (κ3) is 3.88. The molecule has 4 heteroatoms. The number of carbonyl (C=O) groups is 1. The Kier molecular flexibility index (Phi) is 4.81. The molecule has 19 heavy (non-hydrogen) atoms. The number of methoxy groups -OCH3 is 2. The molecule has 0 unspecified atom stereocenters. The molecule has 4 nitrogen and oxygen atoms in total. The fourth-order valence-electron chi connectivity index (χ4n) is 1.91. The Labute approximate surface area is 115 Å². The third-order valence-electron chi connectivity index (χ3n) is 3.07. The van der Waals surface area contributed by atoms with Crippen LogP contribution in [0.25, 0.3) is 0 Å². The van der Waals surface area contributed by atoms with Crippen molar-refractivity contribution in [2.45, 2.75) is 39.7 Å². The fraction of sp³-hybridized carbons (Fsp3) is 0.533. The van der Waals surface area contributed by atoms with Gasteiger partial charge in [0.15, 0.2) is 0 Å². The second-order valence-corrected chi connectivity index (χ2v) is 5.57. The molecule has 0 aliphatic rings. The normalized spacial score (nSPS) is 11.1. The fourth-order valence-corrected chi connectivity index (χ4v) is 1.91. The van der Waals surface area contributed by atoms with Gasteiger partial charge >= 0.3 is 6.09 Å². The maximum absolute atomic E-state index is 11.1. The maximum Gasteiger partial charge on any atom is 0.407 e. The third-order valence-corrected chi connectivity index (χ3v) is 3.07. The molecule has 0 bridgehead atoms. The van der Waals surface area contributed by atoms with Gasteiger partial charge in [-0.2, -0.15) is 0 Å². The predicted octanol–water partition coefficient (Wildman–Crippen LogP) is 3.16. The van der Waals surface area contributed by atoms with Crippen molar-refractivity contribution in [1.82, 2.24) is 5.32 Å². The summed E-state index contributed by atoms with van der Waals surface area (Å²) in [4.78, 5) is 11.1. The highest BCUT2D eigenvalue weighted by Crippen LogP contribution is 2.33. The molecule has 1 N–H and O–H groups in total. The highest BCUT2D eigenvalue weighted by atomic mass is 16.5. The number of ether oxygens (including phenoxy) is 2. The van der Waals surface area contributed by atoms with Gasteiger partial charge in [-0.25, -0.2) is 4.79 Å². The first kappa shape index (κ1) is 15.3. The van der Waals surface area contributed by atoms with Gasteiger partial charge in [0.25, 0.3) is 0 Å². The first-order valence-corrected chi connectivity index (χ1v) is 6.29. The molecule has 1 amide bonds. The molecule has 0 saturated carbocycles. The minimum Gasteiger partial charge on any atom is -0.496 e. The monoisotopic (exact) mass is 265 g/mol. The lowest BCUT2D eigenvalue weighted by Gasteiger charge is -2.24. The average molecular weight is 265 g/mol. The average Bonchev–Trinajstić information content (AvgIpc) is 2.34. The van der Waals surface area contributed by atoms with E-state index in [1.165, 1.54) is 7.11 Å². The topological polar surface area (TPSA) is 47.6 Å². The summed E-state index contributed by atoms with van der Waals surface area (Å²) in [6.45, 7) is 8.86. The van der Waals surface area contributed by atoms with Crippen molar-refractivity contribution >= 4 is 6.09 Å². The van der Waals surface area contributed by atoms with Gasteiger partial charge < -0.3 is 14.8 Å². The first-order chi connectivity index (χ1) is 8.79. The van der Waals surface area contributed by atoms with E-state index in [2.05, 4.69) is 36.9 Å². The van der Waals surface area contributed by atoms with E-state index in [4.69, 9.17) is 4.74 Å². The van der Waals surface area contributed by atoms with Crippen LogP contribution in [0.3, 0.4) is 0 Å². The van der Waals surface area contributed by atoms with Crippen molar-refractivity contribution in [1.29, 1.82) is 0 Å². The quantitative estimate of drug-likeness (QED) is 0.913. The highest BCUT2D eigenvalue weighted by molar-refractivity contribution is 5.67. The van der Waals surface area contributed by atoms with Crippen LogP contribution in [-0.4, -0.2) is 20.3 Å². The van der Waals surface area contributed by atoms with Crippen molar-refractivity contribution in [2.24, 2.45) is 0 Å². The Bertz CT molecular complexity index is 461. The molecule has 0 atom stereocenters. The molecule has 0 heterocycles. The molecule has 0 aliphatic heterocycles. The van der Waals surface area contributed by atoms with Crippen LogP contribution in [-0.2, 0) is 16.7 Å². The maximum atomic E-state index is 11.1. The minimum atomic E-state index is -0.424. The van der Waals surface area contributed by atoms with Crippen LogP contribution in [0, 0.1) is 6.92 Å². The Morgan fingerprint density at radius 1 is 1.26 bits per heavy atom. The molecule has 0 aliphatic carbocycles. The molecule has 0 saturated heterocycles. The molecule has 1 rings (SSSR count). The van der Waals surface area contributed by atoms with Crippen LogP contribution in [0.2, 0.25) is 0 Å². The highest BCUT2D eigenvalue weighted by Gasteiger charge is 2.20. The van der Waals surface area contributed by atoms with Crippen molar-refractivity contribution in [3.05, 3.63) is 28.8 Å². The second kappa shape index (κ2) is 5.95. The summed E-state index contributed by atoms with van der Waals surface area (Å²) < 4.78 is 10.0. The Balaban J connectivity index is 3.09. The Morgan fingerprint density at radius 3 is 2.37 bits per heavy atom. The molecular weight excluding hydrogens is 242 g/mol. The summed E-state index contributed by atoms with van der Waals surface area (Å²) in [5.74, 6) is 0.881. The molecule has 1 aromatic carbocycles. The van der Waals surface area contributed by atoms with Crippen LogP contribution >= 0.6 is 0 Å². The van der Waals surface area contributed by atoms with Gasteiger partial charge in [0, 0.05) is 6.54 Å². The van der Waals surface area contributed by atoms with E-state index >= 15 is 0 Å². The van der Waals surface area contributed by atoms with Gasteiger partial charge in [0.2, 0.25) is 0 Å². The van der Waals surface area contributed by atoms with E-state index in [-0.39, 0.29) is 5.41 Å². The molecule has 1 aromatic rings. The van der Waals surface area contributed by atoms with E-state index < -0.39 is 6.09 Å². The van der Waals surface area contributed by atoms with Crippen molar-refractivity contribution < 1.29 is 14.3 Å². The largest absolute Gasteiger partial charge is 0.496 e. The summed E-state index contributed by atoms with van der Waals surface area (Å²) in [7, 11) is 3.03. The summed E-state index contributed by atoms with van der Waals surface area (Å²) in [5, 5.41) is 2.70. The number of rotatable bonds is 3. The first-order valence-electron chi connectivity index (χ1n) is 6.29. The summed E-state index contributed by atoms with van der Waals surface area (Å²) >= 11 is 0. The molecule has 106 valence electrons. The smallest absolute Gasteiger partial charge is 0.407 e. The predicted molar refractivity (Wildman–Crippen MR) is 75.7 cm³/mol. The molecule has 0 fully saturated rings. The molecular formula is C15H23NO3. The molecule has 0 spiro atoms. The number of benzene rings is 1. The zero-order valence-electron chi connectivity index (χ0n) is 12.6. The SMILES string of the molecule is COC(=O)NCc1cc(C(C)(C)C)c(OC)cc1C.